The third kappa shape index (κ3) is 1.64. The summed E-state index contributed by atoms with van der Waals surface area (Å²) in [7, 11) is 0. The van der Waals surface area contributed by atoms with Gasteiger partial charge in [0.05, 0.1) is 6.61 Å². The zero-order valence-corrected chi connectivity index (χ0v) is 9.79. The minimum absolute atomic E-state index is 0.336. The van der Waals surface area contributed by atoms with Gasteiger partial charge in [-0.15, -0.1) is 0 Å². The van der Waals surface area contributed by atoms with Crippen molar-refractivity contribution in [2.45, 2.75) is 24.5 Å². The summed E-state index contributed by atoms with van der Waals surface area (Å²) in [5, 5.41) is 37.8. The molecule has 3 heterocycles. The van der Waals surface area contributed by atoms with E-state index in [9.17, 15) is 10.2 Å². The zero-order valence-electron chi connectivity index (χ0n) is 9.79. The van der Waals surface area contributed by atoms with Crippen LogP contribution in [0.2, 0.25) is 0 Å². The number of nitrogens with zero attached hydrogens (tertiary/aromatic N) is 4. The number of fused-ring (bicyclic) bond motifs is 1. The maximum atomic E-state index is 9.97. The highest BCUT2D eigenvalue weighted by Gasteiger charge is 2.44. The van der Waals surface area contributed by atoms with Gasteiger partial charge in [0.1, 0.15) is 29.9 Å². The molecule has 0 amide bonds. The lowest BCUT2D eigenvalue weighted by Gasteiger charge is -2.17. The number of imidazole rings is 1. The fourth-order valence-corrected chi connectivity index (χ4v) is 2.30. The number of aliphatic hydroxyl groups excluding tert-OH is 3. The summed E-state index contributed by atoms with van der Waals surface area (Å²) in [6, 6.07) is 2.00. The van der Waals surface area contributed by atoms with Crippen molar-refractivity contribution < 1.29 is 20.1 Å². The van der Waals surface area contributed by atoms with E-state index in [-0.39, 0.29) is 0 Å². The van der Waals surface area contributed by atoms with Gasteiger partial charge in [0.25, 0.3) is 0 Å². The summed E-state index contributed by atoms with van der Waals surface area (Å²) in [6.07, 6.45) is 0.516. The van der Waals surface area contributed by atoms with Crippen molar-refractivity contribution in [3.63, 3.8) is 0 Å². The minimum atomic E-state index is -1.19. The van der Waals surface area contributed by atoms with Gasteiger partial charge in [-0.1, -0.05) is 0 Å². The van der Waals surface area contributed by atoms with E-state index in [0.29, 0.717) is 11.2 Å². The molecule has 0 aliphatic carbocycles. The molecule has 1 fully saturated rings. The molecule has 8 nitrogen and oxygen atoms in total. The molecular weight excluding hydrogens is 252 g/mol. The molecule has 4 atom stereocenters. The summed E-state index contributed by atoms with van der Waals surface area (Å²) in [5.41, 5.74) is 0.781. The number of aromatic nitrogens is 3. The molecule has 0 bridgehead atoms. The van der Waals surface area contributed by atoms with Gasteiger partial charge in [-0.05, 0) is 0 Å². The first-order valence-corrected chi connectivity index (χ1v) is 5.74. The van der Waals surface area contributed by atoms with Gasteiger partial charge in [0, 0.05) is 18.6 Å². The molecule has 0 unspecified atom stereocenters. The van der Waals surface area contributed by atoms with Crippen LogP contribution in [0.25, 0.3) is 5.65 Å². The van der Waals surface area contributed by atoms with E-state index in [2.05, 4.69) is 4.98 Å². The summed E-state index contributed by atoms with van der Waals surface area (Å²) in [5.74, 6) is 0. The highest BCUT2D eigenvalue weighted by molar-refractivity contribution is 5.54. The van der Waals surface area contributed by atoms with Crippen LogP contribution in [0.5, 0.6) is 0 Å². The van der Waals surface area contributed by atoms with Crippen molar-refractivity contribution in [2.75, 3.05) is 6.61 Å². The van der Waals surface area contributed by atoms with Gasteiger partial charge >= 0.3 is 0 Å². The Labute approximate surface area is 107 Å². The fourth-order valence-electron chi connectivity index (χ4n) is 2.30. The molecule has 1 aliphatic heterocycles. The van der Waals surface area contributed by atoms with Gasteiger partial charge < -0.3 is 20.1 Å². The Kier molecular flexibility index (Phi) is 2.76. The third-order valence-electron chi connectivity index (χ3n) is 3.27. The highest BCUT2D eigenvalue weighted by atomic mass is 16.6. The fraction of sp³-hybridized carbons (Fsp3) is 0.455. The Morgan fingerprint density at radius 3 is 2.84 bits per heavy atom. The van der Waals surface area contributed by atoms with Crippen LogP contribution in [0, 0.1) is 11.3 Å². The SMILES string of the molecule is N#Cc1cn([C@@H]2O[C@H](CO)[C@@H](O)[C@H]2O)n2ccnc12. The van der Waals surface area contributed by atoms with Crippen LogP contribution in [0.1, 0.15) is 11.8 Å². The Balaban J connectivity index is 2.06. The summed E-state index contributed by atoms with van der Waals surface area (Å²) in [6.45, 7) is -0.395. The largest absolute Gasteiger partial charge is 0.394 e. The van der Waals surface area contributed by atoms with E-state index in [1.807, 2.05) is 6.07 Å². The molecule has 3 rings (SSSR count). The molecule has 0 saturated carbocycles. The topological polar surface area (TPSA) is 116 Å². The average Bonchev–Trinajstić information content (AvgIpc) is 3.06. The monoisotopic (exact) mass is 264 g/mol. The van der Waals surface area contributed by atoms with Crippen molar-refractivity contribution in [3.05, 3.63) is 24.2 Å². The molecule has 1 aliphatic rings. The number of hydrogen-bond acceptors (Lipinski definition) is 6. The number of aliphatic hydroxyl groups is 3. The second-order valence-corrected chi connectivity index (χ2v) is 4.36. The van der Waals surface area contributed by atoms with Gasteiger partial charge in [-0.25, -0.2) is 9.50 Å². The number of rotatable bonds is 2. The quantitative estimate of drug-likeness (QED) is 0.615. The van der Waals surface area contributed by atoms with Crippen molar-refractivity contribution >= 4 is 5.65 Å². The Morgan fingerprint density at radius 1 is 1.42 bits per heavy atom. The molecule has 0 spiro atoms. The van der Waals surface area contributed by atoms with Gasteiger partial charge in [-0.3, -0.25) is 4.68 Å². The number of nitriles is 1. The van der Waals surface area contributed by atoms with Gasteiger partial charge in [-0.2, -0.15) is 5.26 Å². The van der Waals surface area contributed by atoms with Crippen LogP contribution in [-0.4, -0.2) is 54.4 Å². The van der Waals surface area contributed by atoms with Crippen molar-refractivity contribution in [3.8, 4) is 6.07 Å². The maximum absolute atomic E-state index is 9.97. The minimum Gasteiger partial charge on any atom is -0.394 e. The van der Waals surface area contributed by atoms with E-state index in [0.717, 1.165) is 0 Å². The van der Waals surface area contributed by atoms with Crippen LogP contribution < -0.4 is 0 Å². The maximum Gasteiger partial charge on any atom is 0.177 e. The molecular formula is C11H12N4O4. The smallest absolute Gasteiger partial charge is 0.177 e. The van der Waals surface area contributed by atoms with E-state index >= 15 is 0 Å². The Hall–Kier alpha value is -1.92. The predicted octanol–water partition coefficient (Wildman–Crippen LogP) is -1.38. The second kappa shape index (κ2) is 4.32. The van der Waals surface area contributed by atoms with Crippen LogP contribution in [0.15, 0.2) is 18.6 Å². The normalized spacial score (nSPS) is 30.8. The van der Waals surface area contributed by atoms with Gasteiger partial charge in [0.2, 0.25) is 0 Å². The van der Waals surface area contributed by atoms with Crippen LogP contribution in [0.4, 0.5) is 0 Å². The lowest BCUT2D eigenvalue weighted by molar-refractivity contribution is -0.0603. The molecule has 3 N–H and O–H groups in total. The first-order chi connectivity index (χ1) is 9.17. The second-order valence-electron chi connectivity index (χ2n) is 4.36. The average molecular weight is 264 g/mol. The molecule has 2 aromatic heterocycles. The first kappa shape index (κ1) is 12.1. The van der Waals surface area contributed by atoms with Crippen LogP contribution >= 0.6 is 0 Å². The van der Waals surface area contributed by atoms with Crippen LogP contribution in [0.3, 0.4) is 0 Å². The summed E-state index contributed by atoms with van der Waals surface area (Å²) < 4.78 is 8.44. The third-order valence-corrected chi connectivity index (χ3v) is 3.27. The number of hydrogen-bond donors (Lipinski definition) is 3. The standard InChI is InChI=1S/C11H12N4O4/c12-3-6-4-15(14-2-1-13-10(6)14)11-9(18)8(17)7(5-16)19-11/h1-2,4,7-9,11,16-18H,5H2/t7-,8-,9-,11-/m1/s1. The number of ether oxygens (including phenoxy) is 1. The van der Waals surface area contributed by atoms with Crippen molar-refractivity contribution in [1.82, 2.24) is 14.2 Å². The van der Waals surface area contributed by atoms with E-state index in [4.69, 9.17) is 15.1 Å². The van der Waals surface area contributed by atoms with E-state index in [1.165, 1.54) is 17.1 Å². The Bertz CT molecular complexity index is 643. The molecule has 0 aromatic carbocycles. The first-order valence-electron chi connectivity index (χ1n) is 5.74. The molecule has 100 valence electrons. The molecule has 0 radical (unpaired) electrons. The zero-order chi connectivity index (χ0) is 13.6. The molecule has 19 heavy (non-hydrogen) atoms. The lowest BCUT2D eigenvalue weighted by atomic mass is 10.1. The summed E-state index contributed by atoms with van der Waals surface area (Å²) in [4.78, 5) is 4.04. The molecule has 8 heteroatoms. The van der Waals surface area contributed by atoms with Crippen molar-refractivity contribution in [2.24, 2.45) is 0 Å². The van der Waals surface area contributed by atoms with Crippen molar-refractivity contribution in [1.29, 1.82) is 5.26 Å². The summed E-state index contributed by atoms with van der Waals surface area (Å²) >= 11 is 0. The van der Waals surface area contributed by atoms with E-state index in [1.54, 1.807) is 10.7 Å². The highest BCUT2D eigenvalue weighted by Crippen LogP contribution is 2.30. The van der Waals surface area contributed by atoms with E-state index < -0.39 is 31.1 Å². The predicted molar refractivity (Wildman–Crippen MR) is 60.9 cm³/mol. The molecule has 1 saturated heterocycles. The van der Waals surface area contributed by atoms with Gasteiger partial charge in [0.15, 0.2) is 11.9 Å². The molecule has 2 aromatic rings. The van der Waals surface area contributed by atoms with Crippen LogP contribution in [-0.2, 0) is 4.74 Å². The Morgan fingerprint density at radius 2 is 2.21 bits per heavy atom. The lowest BCUT2D eigenvalue weighted by Crippen LogP contribution is -2.33.